The van der Waals surface area contributed by atoms with E-state index in [1.807, 2.05) is 63.2 Å². The highest BCUT2D eigenvalue weighted by atomic mass is 19.1. The number of carbonyl (C=O) groups is 1. The number of ether oxygens (including phenoxy) is 1. The Morgan fingerprint density at radius 1 is 1.09 bits per heavy atom. The number of fused-ring (bicyclic) bond motifs is 1. The minimum atomic E-state index is -0.435. The van der Waals surface area contributed by atoms with Crippen LogP contribution in [0.25, 0.3) is 16.6 Å². The lowest BCUT2D eigenvalue weighted by atomic mass is 9.93. The van der Waals surface area contributed by atoms with E-state index in [0.717, 1.165) is 40.7 Å². The molecule has 0 radical (unpaired) electrons. The molecule has 1 atom stereocenters. The molecule has 4 rings (SSSR count). The van der Waals surface area contributed by atoms with Crippen LogP contribution in [0, 0.1) is 11.2 Å². The van der Waals surface area contributed by atoms with E-state index >= 15 is 0 Å². The molecule has 1 heterocycles. The summed E-state index contributed by atoms with van der Waals surface area (Å²) in [4.78, 5) is 12.6. The number of carbonyl (C=O) groups excluding carboxylic acids is 1. The monoisotopic (exact) mass is 473 g/mol. The molecule has 1 N–H and O–H groups in total. The van der Waals surface area contributed by atoms with Crippen molar-refractivity contribution in [2.24, 2.45) is 5.41 Å². The number of hydrogen-bond donors (Lipinski definition) is 1. The van der Waals surface area contributed by atoms with Gasteiger partial charge in [0.15, 0.2) is 0 Å². The fourth-order valence-corrected chi connectivity index (χ4v) is 4.00. The Kier molecular flexibility index (Phi) is 7.20. The number of amides is 1. The molecule has 0 aliphatic heterocycles. The maximum atomic E-state index is 13.3. The first-order valence-electron chi connectivity index (χ1n) is 12.0. The third-order valence-electron chi connectivity index (χ3n) is 5.93. The zero-order chi connectivity index (χ0) is 25.0. The van der Waals surface area contributed by atoms with Gasteiger partial charge >= 0.3 is 0 Å². The molecule has 4 aromatic rings. The number of benzene rings is 3. The van der Waals surface area contributed by atoms with Crippen LogP contribution in [-0.2, 0) is 11.2 Å². The molecule has 35 heavy (non-hydrogen) atoms. The molecule has 0 aliphatic rings. The van der Waals surface area contributed by atoms with E-state index in [1.54, 1.807) is 23.0 Å². The minimum absolute atomic E-state index is 0.0351. The highest BCUT2D eigenvalue weighted by molar-refractivity contribution is 5.82. The van der Waals surface area contributed by atoms with Crippen LogP contribution in [0.1, 0.15) is 46.1 Å². The lowest BCUT2D eigenvalue weighted by Gasteiger charge is -2.25. The first-order chi connectivity index (χ1) is 16.7. The number of nitrogens with one attached hydrogen (secondary N) is 1. The molecule has 0 spiro atoms. The van der Waals surface area contributed by atoms with Gasteiger partial charge in [-0.2, -0.15) is 5.10 Å². The summed E-state index contributed by atoms with van der Waals surface area (Å²) in [5.74, 6) is 1.25. The molecule has 5 nitrogen and oxygen atoms in total. The second-order valence-corrected chi connectivity index (χ2v) is 9.88. The number of halogens is 1. The van der Waals surface area contributed by atoms with Gasteiger partial charge in [-0.1, -0.05) is 52.3 Å². The van der Waals surface area contributed by atoms with E-state index in [-0.39, 0.29) is 17.8 Å². The van der Waals surface area contributed by atoms with Crippen molar-refractivity contribution in [3.63, 3.8) is 0 Å². The Hall–Kier alpha value is -3.67. The molecule has 182 valence electrons. The number of nitrogens with zero attached hydrogens (tertiary/aromatic N) is 2. The van der Waals surface area contributed by atoms with Crippen molar-refractivity contribution in [2.45, 2.75) is 53.0 Å². The molecule has 1 amide bonds. The third-order valence-corrected chi connectivity index (χ3v) is 5.93. The second-order valence-electron chi connectivity index (χ2n) is 9.88. The molecule has 6 heteroatoms. The Balaban J connectivity index is 1.55. The van der Waals surface area contributed by atoms with Crippen molar-refractivity contribution < 1.29 is 13.9 Å². The van der Waals surface area contributed by atoms with Gasteiger partial charge in [-0.15, -0.1) is 0 Å². The van der Waals surface area contributed by atoms with Gasteiger partial charge in [0.1, 0.15) is 17.3 Å². The van der Waals surface area contributed by atoms with Crippen molar-refractivity contribution in [1.82, 2.24) is 15.1 Å². The van der Waals surface area contributed by atoms with Crippen LogP contribution < -0.4 is 10.1 Å². The molecular weight excluding hydrogens is 441 g/mol. The highest BCUT2D eigenvalue weighted by Crippen LogP contribution is 2.30. The lowest BCUT2D eigenvalue weighted by molar-refractivity contribution is -0.129. The fourth-order valence-electron chi connectivity index (χ4n) is 4.00. The summed E-state index contributed by atoms with van der Waals surface area (Å²) in [6.07, 6.45) is 4.34. The van der Waals surface area contributed by atoms with Crippen LogP contribution in [0.3, 0.4) is 0 Å². The van der Waals surface area contributed by atoms with E-state index in [1.165, 1.54) is 12.1 Å². The molecule has 0 unspecified atom stereocenters. The average molecular weight is 474 g/mol. The van der Waals surface area contributed by atoms with Crippen molar-refractivity contribution in [1.29, 1.82) is 0 Å². The van der Waals surface area contributed by atoms with Gasteiger partial charge in [-0.25, -0.2) is 9.07 Å². The Labute approximate surface area is 205 Å². The minimum Gasteiger partial charge on any atom is -0.457 e. The van der Waals surface area contributed by atoms with Gasteiger partial charge in [0.05, 0.1) is 17.4 Å². The summed E-state index contributed by atoms with van der Waals surface area (Å²) in [5, 5.41) is 8.60. The Bertz CT molecular complexity index is 1310. The van der Waals surface area contributed by atoms with Gasteiger partial charge < -0.3 is 10.1 Å². The molecule has 0 saturated heterocycles. The predicted octanol–water partition coefficient (Wildman–Crippen LogP) is 6.83. The van der Waals surface area contributed by atoms with E-state index in [2.05, 4.69) is 17.3 Å². The van der Waals surface area contributed by atoms with Crippen LogP contribution in [0.4, 0.5) is 4.39 Å². The van der Waals surface area contributed by atoms with Crippen molar-refractivity contribution >= 4 is 16.8 Å². The van der Waals surface area contributed by atoms with E-state index in [4.69, 9.17) is 4.74 Å². The topological polar surface area (TPSA) is 56.1 Å². The van der Waals surface area contributed by atoms with Crippen molar-refractivity contribution in [3.05, 3.63) is 84.3 Å². The van der Waals surface area contributed by atoms with Gasteiger partial charge in [-0.3, -0.25) is 4.79 Å². The van der Waals surface area contributed by atoms with E-state index in [9.17, 15) is 9.18 Å². The van der Waals surface area contributed by atoms with E-state index < -0.39 is 5.41 Å². The van der Waals surface area contributed by atoms with E-state index in [0.29, 0.717) is 12.2 Å². The van der Waals surface area contributed by atoms with Crippen LogP contribution in [0.15, 0.2) is 72.9 Å². The molecule has 0 saturated carbocycles. The first kappa shape index (κ1) is 24.5. The van der Waals surface area contributed by atoms with Crippen LogP contribution >= 0.6 is 0 Å². The third kappa shape index (κ3) is 5.88. The van der Waals surface area contributed by atoms with Gasteiger partial charge in [-0.05, 0) is 66.9 Å². The number of rotatable bonds is 8. The van der Waals surface area contributed by atoms with Gasteiger partial charge in [0.2, 0.25) is 5.91 Å². The number of aromatic nitrogens is 2. The second kappa shape index (κ2) is 10.3. The lowest BCUT2D eigenvalue weighted by Crippen LogP contribution is -2.42. The fraction of sp³-hybridized carbons (Fsp3) is 0.310. The van der Waals surface area contributed by atoms with Crippen LogP contribution in [0.2, 0.25) is 0 Å². The quantitative estimate of drug-likeness (QED) is 0.305. The summed E-state index contributed by atoms with van der Waals surface area (Å²) < 4.78 is 21.4. The molecule has 0 fully saturated rings. The van der Waals surface area contributed by atoms with Gasteiger partial charge in [0, 0.05) is 16.8 Å². The molecular formula is C29H32FN3O2. The molecule has 3 aromatic carbocycles. The summed E-state index contributed by atoms with van der Waals surface area (Å²) in [7, 11) is 0. The maximum Gasteiger partial charge on any atom is 0.225 e. The van der Waals surface area contributed by atoms with Crippen molar-refractivity contribution in [2.75, 3.05) is 0 Å². The average Bonchev–Trinajstić information content (AvgIpc) is 3.23. The summed E-state index contributed by atoms with van der Waals surface area (Å²) >= 11 is 0. The summed E-state index contributed by atoms with van der Waals surface area (Å²) in [6.45, 7) is 7.91. The van der Waals surface area contributed by atoms with Crippen molar-refractivity contribution in [3.8, 4) is 17.2 Å². The molecule has 0 aliphatic carbocycles. The number of para-hydroxylation sites is 1. The smallest absolute Gasteiger partial charge is 0.225 e. The Morgan fingerprint density at radius 2 is 1.83 bits per heavy atom. The summed E-state index contributed by atoms with van der Waals surface area (Å²) in [5.41, 5.74) is 2.31. The highest BCUT2D eigenvalue weighted by Gasteiger charge is 2.24. The standard InChI is InChI=1S/C29H32FN3O2/c1-5-8-23(32-28(34)29(2,3)4)17-20-9-6-7-10-27(20)35-25-15-16-26-21(18-25)19-31-33(26)24-13-11-22(30)12-14-24/h6-7,9-16,18-19,23H,5,8,17H2,1-4H3,(H,32,34)/t23-/m0/s1. The van der Waals surface area contributed by atoms with Crippen LogP contribution in [0.5, 0.6) is 11.5 Å². The zero-order valence-electron chi connectivity index (χ0n) is 20.7. The first-order valence-corrected chi connectivity index (χ1v) is 12.0. The Morgan fingerprint density at radius 3 is 2.54 bits per heavy atom. The number of hydrogen-bond acceptors (Lipinski definition) is 3. The normalized spacial score (nSPS) is 12.5. The zero-order valence-corrected chi connectivity index (χ0v) is 20.7. The SMILES string of the molecule is CCC[C@@H](Cc1ccccc1Oc1ccc2c(cnn2-c2ccc(F)cc2)c1)NC(=O)C(C)(C)C. The van der Waals surface area contributed by atoms with Crippen LogP contribution in [-0.4, -0.2) is 21.7 Å². The van der Waals surface area contributed by atoms with Gasteiger partial charge in [0.25, 0.3) is 0 Å². The largest absolute Gasteiger partial charge is 0.457 e. The summed E-state index contributed by atoms with van der Waals surface area (Å²) in [6, 6.07) is 20.0. The molecule has 1 aromatic heterocycles. The molecule has 0 bridgehead atoms. The predicted molar refractivity (Wildman–Crippen MR) is 138 cm³/mol. The maximum absolute atomic E-state index is 13.3.